The van der Waals surface area contributed by atoms with E-state index in [9.17, 15) is 67.4 Å². The standard InChI is InChI=1S/C62H103N21O14S2/c1-5-34(3)49-58(96)79-42(29-37-18-11-8-12-19-37)56(94)77-39(21-14-25-71-61(66)67)53(91)81-44(51(63)89)33-99-98-27-23-45(84)76-41(28-36-16-9-7-10-17-36)52(90)74-31-46(85)73-32-47(86)75-38(20-13-24-70-60(64)65)54(92)82-50(35(4)6-2)59(97)80-43(30-48(87)88)57(95)78-40(55(93)83-49)22-15-26-72-62(68)69/h8,11-12,18-19,34-36,38-44,49-50H,5-7,9-10,13-17,20-33H2,1-4H3,(H2,63,89)(H,73,85)(H,74,90)(H,75,86)(H,76,84)(H,77,94)(H,78,95)(H,79,96)(H,80,97)(H,81,91)(H,82,92)(H,83,93)(H,87,88)(H4,64,65,70)(H4,66,67,71)(H4,68,69,72)/t34?,35?,38-,39-,40-,41-,42-,43-,44+,49-,50-/m0/s1. The van der Waals surface area contributed by atoms with Gasteiger partial charge in [-0.1, -0.05) is 125 Å². The van der Waals surface area contributed by atoms with E-state index < -0.39 is 163 Å². The van der Waals surface area contributed by atoms with Gasteiger partial charge in [0.2, 0.25) is 70.9 Å². The van der Waals surface area contributed by atoms with Crippen molar-refractivity contribution >= 4 is 116 Å². The first-order valence-corrected chi connectivity index (χ1v) is 35.7. The summed E-state index contributed by atoms with van der Waals surface area (Å²) < 4.78 is 0. The zero-order valence-electron chi connectivity index (χ0n) is 56.7. The van der Waals surface area contributed by atoms with Crippen LogP contribution in [-0.4, -0.2) is 198 Å². The van der Waals surface area contributed by atoms with Crippen molar-refractivity contribution in [3.63, 3.8) is 0 Å². The summed E-state index contributed by atoms with van der Waals surface area (Å²) in [6.07, 6.45) is 3.71. The number of amides is 12. The summed E-state index contributed by atoms with van der Waals surface area (Å²) in [6, 6.07) is -4.63. The fraction of sp³-hybridized carbons (Fsp3) is 0.645. The SMILES string of the molecule is CCC(C)[C@@H]1NC(=O)[C@H](CCCN=C(N)N)NC(=O)CNC(=O)CNC(=O)[C@H](CC2CCCCC2)NC(=O)CCSSC[C@H](C(N)=O)NC(=O)[C@H](CCCN=C(N)N)NC(=O)[C@H](Cc2ccccc2)NC(=O)[C@H](C(C)CC)NC(=O)[C@H](CCCN=C(N)N)NC(=O)[C@H](CC(=O)O)NC1=O. The van der Waals surface area contributed by atoms with Gasteiger partial charge in [0.1, 0.15) is 54.4 Å². The lowest BCUT2D eigenvalue weighted by atomic mass is 9.84. The number of carbonyl (C=O) groups is 13. The van der Waals surface area contributed by atoms with E-state index in [0.717, 1.165) is 42.9 Å². The number of nitrogens with zero attached hydrogens (tertiary/aromatic N) is 3. The molecule has 2 aliphatic rings. The first-order chi connectivity index (χ1) is 47.0. The lowest BCUT2D eigenvalue weighted by Crippen LogP contribution is -2.62. The van der Waals surface area contributed by atoms with Crippen molar-refractivity contribution in [1.82, 2.24) is 58.5 Å². The van der Waals surface area contributed by atoms with Crippen LogP contribution in [0.5, 0.6) is 0 Å². The van der Waals surface area contributed by atoms with E-state index in [0.29, 0.717) is 5.56 Å². The Morgan fingerprint density at radius 2 is 0.949 bits per heavy atom. The molecule has 1 aromatic carbocycles. The molecule has 35 nitrogen and oxygen atoms in total. The zero-order valence-corrected chi connectivity index (χ0v) is 58.4. The maximum atomic E-state index is 14.8. The number of guanidine groups is 3. The van der Waals surface area contributed by atoms with Gasteiger partial charge in [-0.05, 0) is 68.3 Å². The Kier molecular flexibility index (Phi) is 38.6. The van der Waals surface area contributed by atoms with Crippen LogP contribution in [0.1, 0.15) is 136 Å². The number of rotatable bonds is 23. The summed E-state index contributed by atoms with van der Waals surface area (Å²) in [4.78, 5) is 193. The van der Waals surface area contributed by atoms with Crippen LogP contribution in [-0.2, 0) is 68.7 Å². The number of carboxylic acid groups (broad SMARTS) is 1. The molecule has 1 heterocycles. The molecular formula is C62H103N21O14S2. The molecule has 1 saturated heterocycles. The average Bonchev–Trinajstić information content (AvgIpc) is 1.02. The van der Waals surface area contributed by atoms with E-state index in [-0.39, 0.29) is 126 Å². The minimum atomic E-state index is -1.93. The molecule has 37 heteroatoms. The van der Waals surface area contributed by atoms with Crippen molar-refractivity contribution < 1.29 is 67.4 Å². The molecule has 1 aromatic rings. The van der Waals surface area contributed by atoms with Gasteiger partial charge in [-0.2, -0.15) is 0 Å². The fourth-order valence-corrected chi connectivity index (χ4v) is 12.7. The second kappa shape index (κ2) is 45.4. The Morgan fingerprint density at radius 1 is 0.505 bits per heavy atom. The van der Waals surface area contributed by atoms with Crippen LogP contribution in [0, 0.1) is 17.8 Å². The van der Waals surface area contributed by atoms with Gasteiger partial charge in [0.05, 0.1) is 19.5 Å². The van der Waals surface area contributed by atoms with Crippen LogP contribution in [0.3, 0.4) is 0 Å². The summed E-state index contributed by atoms with van der Waals surface area (Å²) in [7, 11) is 2.27. The third-order valence-electron chi connectivity index (χ3n) is 16.5. The highest BCUT2D eigenvalue weighted by atomic mass is 33.1. The highest BCUT2D eigenvalue weighted by molar-refractivity contribution is 8.76. The molecular weight excluding hydrogens is 1330 g/mol. The van der Waals surface area contributed by atoms with Crippen molar-refractivity contribution in [2.45, 2.75) is 191 Å². The minimum absolute atomic E-state index is 0.00114. The Bertz CT molecular complexity index is 2970. The molecule has 3 rings (SSSR count). The third-order valence-corrected chi connectivity index (χ3v) is 18.9. The third kappa shape index (κ3) is 33.3. The number of carbonyl (C=O) groups excluding carboxylic acids is 12. The quantitative estimate of drug-likeness (QED) is 0.0214. The second-order valence-electron chi connectivity index (χ2n) is 24.4. The summed E-state index contributed by atoms with van der Waals surface area (Å²) in [5, 5.41) is 38.6. The summed E-state index contributed by atoms with van der Waals surface area (Å²) >= 11 is 0. The van der Waals surface area contributed by atoms with E-state index in [1.807, 2.05) is 0 Å². The first-order valence-electron chi connectivity index (χ1n) is 33.2. The molecule has 0 aromatic heterocycles. The van der Waals surface area contributed by atoms with E-state index in [1.54, 1.807) is 58.0 Å². The molecule has 99 heavy (non-hydrogen) atoms. The number of aliphatic imine (C=N–C) groups is 3. The lowest BCUT2D eigenvalue weighted by molar-refractivity contribution is -0.142. The largest absolute Gasteiger partial charge is 0.481 e. The molecule has 11 atom stereocenters. The lowest BCUT2D eigenvalue weighted by Gasteiger charge is -2.30. The molecule has 1 saturated carbocycles. The van der Waals surface area contributed by atoms with Crippen molar-refractivity contribution in [3.8, 4) is 0 Å². The topological polar surface area (TPSA) is 594 Å². The fourth-order valence-electron chi connectivity index (χ4n) is 10.5. The van der Waals surface area contributed by atoms with E-state index >= 15 is 0 Å². The van der Waals surface area contributed by atoms with Gasteiger partial charge >= 0.3 is 5.97 Å². The Hall–Kier alpha value is -9.16. The molecule has 12 amide bonds. The van der Waals surface area contributed by atoms with Crippen LogP contribution in [0.15, 0.2) is 45.3 Å². The van der Waals surface area contributed by atoms with Crippen molar-refractivity contribution in [1.29, 1.82) is 0 Å². The van der Waals surface area contributed by atoms with E-state index in [4.69, 9.17) is 40.1 Å². The number of benzene rings is 1. The molecule has 1 aliphatic carbocycles. The number of hydrogen-bond donors (Lipinski definition) is 19. The molecule has 2 fully saturated rings. The normalized spacial score (nSPS) is 24.1. The molecule has 2 unspecified atom stereocenters. The van der Waals surface area contributed by atoms with Crippen molar-refractivity contribution in [3.05, 3.63) is 35.9 Å². The molecule has 0 bridgehead atoms. The minimum Gasteiger partial charge on any atom is -0.481 e. The van der Waals surface area contributed by atoms with Gasteiger partial charge in [0.25, 0.3) is 0 Å². The highest BCUT2D eigenvalue weighted by Crippen LogP contribution is 2.28. The predicted molar refractivity (Wildman–Crippen MR) is 374 cm³/mol. The maximum absolute atomic E-state index is 14.8. The van der Waals surface area contributed by atoms with Gasteiger partial charge in [-0.15, -0.1) is 0 Å². The Labute approximate surface area is 584 Å². The van der Waals surface area contributed by atoms with E-state index in [1.165, 1.54) is 10.8 Å². The van der Waals surface area contributed by atoms with Crippen LogP contribution in [0.2, 0.25) is 0 Å². The maximum Gasteiger partial charge on any atom is 0.305 e. The Morgan fingerprint density at radius 3 is 1.43 bits per heavy atom. The molecule has 0 radical (unpaired) electrons. The molecule has 0 spiro atoms. The predicted octanol–water partition coefficient (Wildman–Crippen LogP) is -4.21. The average molecular weight is 1430 g/mol. The Balaban J connectivity index is 2.17. The smallest absolute Gasteiger partial charge is 0.305 e. The number of primary amides is 1. The summed E-state index contributed by atoms with van der Waals surface area (Å²) in [5.41, 5.74) is 39.7. The molecule has 26 N–H and O–H groups in total. The van der Waals surface area contributed by atoms with Crippen molar-refractivity contribution in [2.24, 2.45) is 72.9 Å². The van der Waals surface area contributed by atoms with Crippen LogP contribution in [0.4, 0.5) is 0 Å². The van der Waals surface area contributed by atoms with Crippen molar-refractivity contribution in [2.75, 3.05) is 44.2 Å². The second-order valence-corrected chi connectivity index (χ2v) is 27.0. The number of nitrogens with two attached hydrogens (primary N) is 7. The van der Waals surface area contributed by atoms with Crippen LogP contribution < -0.4 is 98.6 Å². The molecule has 1 aliphatic heterocycles. The number of nitrogens with one attached hydrogen (secondary N) is 11. The van der Waals surface area contributed by atoms with Gasteiger partial charge in [-0.3, -0.25) is 77.3 Å². The van der Waals surface area contributed by atoms with Gasteiger partial charge in [0.15, 0.2) is 17.9 Å². The van der Waals surface area contributed by atoms with Crippen LogP contribution in [0.25, 0.3) is 0 Å². The van der Waals surface area contributed by atoms with E-state index in [2.05, 4.69) is 73.5 Å². The summed E-state index contributed by atoms with van der Waals surface area (Å²) in [6.45, 7) is 5.24. The monoisotopic (exact) mass is 1430 g/mol. The van der Waals surface area contributed by atoms with Gasteiger partial charge in [-0.25, -0.2) is 0 Å². The molecule has 552 valence electrons. The zero-order chi connectivity index (χ0) is 73.6. The van der Waals surface area contributed by atoms with Gasteiger partial charge < -0.3 is 104 Å². The first kappa shape index (κ1) is 84.1. The summed E-state index contributed by atoms with van der Waals surface area (Å²) in [5.74, 6) is -14.2. The number of carboxylic acids is 1. The number of hydrogen-bond acceptors (Lipinski definition) is 18. The van der Waals surface area contributed by atoms with Crippen LogP contribution >= 0.6 is 21.6 Å². The highest BCUT2D eigenvalue weighted by Gasteiger charge is 2.38. The number of aliphatic carboxylic acids is 1. The van der Waals surface area contributed by atoms with Gasteiger partial charge in [0, 0.05) is 44.0 Å².